The second kappa shape index (κ2) is 7.36. The highest BCUT2D eigenvalue weighted by atomic mass is 79.9. The zero-order valence-electron chi connectivity index (χ0n) is 11.2. The fraction of sp³-hybridized carbons (Fsp3) is 0.267. The molecule has 1 heterocycles. The van der Waals surface area contributed by atoms with Crippen LogP contribution in [0.5, 0.6) is 11.6 Å². The summed E-state index contributed by atoms with van der Waals surface area (Å²) in [5, 5.41) is 3.32. The Balaban J connectivity index is 2.05. The molecule has 0 atom stereocenters. The molecule has 0 amide bonds. The molecule has 0 fully saturated rings. The van der Waals surface area contributed by atoms with E-state index in [4.69, 9.17) is 4.74 Å². The van der Waals surface area contributed by atoms with Gasteiger partial charge in [-0.1, -0.05) is 6.92 Å². The molecular formula is C15H16BrFN2O. The summed E-state index contributed by atoms with van der Waals surface area (Å²) in [6.07, 6.45) is 2.80. The van der Waals surface area contributed by atoms with Crippen molar-refractivity contribution in [2.24, 2.45) is 0 Å². The molecule has 0 bridgehead atoms. The van der Waals surface area contributed by atoms with Crippen molar-refractivity contribution in [3.63, 3.8) is 0 Å². The van der Waals surface area contributed by atoms with Crippen molar-refractivity contribution >= 4 is 15.9 Å². The van der Waals surface area contributed by atoms with Crippen LogP contribution in [0.3, 0.4) is 0 Å². The Kier molecular flexibility index (Phi) is 5.49. The second-order valence-electron chi connectivity index (χ2n) is 4.36. The summed E-state index contributed by atoms with van der Waals surface area (Å²) in [6.45, 7) is 3.88. The summed E-state index contributed by atoms with van der Waals surface area (Å²) in [5.74, 6) is 0.728. The van der Waals surface area contributed by atoms with Crippen LogP contribution in [0.1, 0.15) is 18.9 Å². The summed E-state index contributed by atoms with van der Waals surface area (Å²) in [7, 11) is 0. The van der Waals surface area contributed by atoms with E-state index in [1.807, 2.05) is 12.1 Å². The van der Waals surface area contributed by atoms with E-state index in [0.29, 0.717) is 16.1 Å². The lowest BCUT2D eigenvalue weighted by Gasteiger charge is -2.08. The Labute approximate surface area is 126 Å². The molecule has 1 aromatic carbocycles. The number of benzene rings is 1. The Hall–Kier alpha value is -1.46. The van der Waals surface area contributed by atoms with Gasteiger partial charge >= 0.3 is 0 Å². The highest BCUT2D eigenvalue weighted by Crippen LogP contribution is 2.25. The van der Waals surface area contributed by atoms with Crippen LogP contribution in [-0.2, 0) is 6.54 Å². The van der Waals surface area contributed by atoms with Gasteiger partial charge in [0.2, 0.25) is 5.88 Å². The Morgan fingerprint density at radius 3 is 2.90 bits per heavy atom. The zero-order valence-corrected chi connectivity index (χ0v) is 12.8. The number of rotatable bonds is 6. The molecule has 1 N–H and O–H groups in total. The number of hydrogen-bond acceptors (Lipinski definition) is 3. The maximum atomic E-state index is 13.1. The van der Waals surface area contributed by atoms with Crippen LogP contribution >= 0.6 is 15.9 Å². The van der Waals surface area contributed by atoms with Crippen molar-refractivity contribution in [3.05, 3.63) is 52.4 Å². The van der Waals surface area contributed by atoms with Crippen molar-refractivity contribution in [1.29, 1.82) is 0 Å². The number of nitrogens with one attached hydrogen (secondary N) is 1. The maximum absolute atomic E-state index is 13.1. The minimum atomic E-state index is -0.317. The molecule has 106 valence electrons. The Morgan fingerprint density at radius 2 is 2.15 bits per heavy atom. The van der Waals surface area contributed by atoms with E-state index < -0.39 is 0 Å². The van der Waals surface area contributed by atoms with E-state index in [-0.39, 0.29) is 5.82 Å². The Bertz CT molecular complexity index is 578. The molecule has 1 aromatic heterocycles. The van der Waals surface area contributed by atoms with Crippen LogP contribution < -0.4 is 10.1 Å². The van der Waals surface area contributed by atoms with Gasteiger partial charge in [-0.15, -0.1) is 0 Å². The summed E-state index contributed by atoms with van der Waals surface area (Å²) < 4.78 is 19.1. The molecule has 0 aliphatic carbocycles. The standard InChI is InChI=1S/C15H16BrFN2O/c1-2-6-18-10-11-5-7-19-15(8-11)20-12-3-4-14(17)13(16)9-12/h3-5,7-9,18H,2,6,10H2,1H3. The summed E-state index contributed by atoms with van der Waals surface area (Å²) >= 11 is 3.13. The minimum absolute atomic E-state index is 0.317. The predicted octanol–water partition coefficient (Wildman–Crippen LogP) is 4.28. The quantitative estimate of drug-likeness (QED) is 0.798. The van der Waals surface area contributed by atoms with Gasteiger partial charge < -0.3 is 10.1 Å². The minimum Gasteiger partial charge on any atom is -0.439 e. The first-order chi connectivity index (χ1) is 9.69. The number of aromatic nitrogens is 1. The largest absolute Gasteiger partial charge is 0.439 e. The normalized spacial score (nSPS) is 10.6. The molecule has 2 aromatic rings. The van der Waals surface area contributed by atoms with Crippen molar-refractivity contribution < 1.29 is 9.13 Å². The van der Waals surface area contributed by atoms with Gasteiger partial charge in [-0.3, -0.25) is 0 Å². The first kappa shape index (κ1) is 14.9. The number of ether oxygens (including phenoxy) is 1. The SMILES string of the molecule is CCCNCc1ccnc(Oc2ccc(F)c(Br)c2)c1. The van der Waals surface area contributed by atoms with Crippen LogP contribution in [0.15, 0.2) is 41.0 Å². The number of hydrogen-bond donors (Lipinski definition) is 1. The lowest BCUT2D eigenvalue weighted by molar-refractivity contribution is 0.459. The predicted molar refractivity (Wildman–Crippen MR) is 80.4 cm³/mol. The average molecular weight is 339 g/mol. The monoisotopic (exact) mass is 338 g/mol. The highest BCUT2D eigenvalue weighted by molar-refractivity contribution is 9.10. The third-order valence-corrected chi connectivity index (χ3v) is 3.28. The van der Waals surface area contributed by atoms with Crippen LogP contribution in [0.2, 0.25) is 0 Å². The van der Waals surface area contributed by atoms with Gasteiger partial charge in [-0.2, -0.15) is 0 Å². The van der Waals surface area contributed by atoms with Crippen molar-refractivity contribution in [3.8, 4) is 11.6 Å². The van der Waals surface area contributed by atoms with Crippen molar-refractivity contribution in [1.82, 2.24) is 10.3 Å². The Morgan fingerprint density at radius 1 is 1.30 bits per heavy atom. The molecule has 2 rings (SSSR count). The summed E-state index contributed by atoms with van der Waals surface area (Å²) in [5.41, 5.74) is 1.10. The third kappa shape index (κ3) is 4.28. The lowest BCUT2D eigenvalue weighted by Crippen LogP contribution is -2.13. The van der Waals surface area contributed by atoms with Gasteiger partial charge in [-0.05, 0) is 58.7 Å². The zero-order chi connectivity index (χ0) is 14.4. The highest BCUT2D eigenvalue weighted by Gasteiger charge is 2.04. The number of nitrogens with zero attached hydrogens (tertiary/aromatic N) is 1. The van der Waals surface area contributed by atoms with E-state index in [9.17, 15) is 4.39 Å². The number of halogens is 2. The van der Waals surface area contributed by atoms with Gasteiger partial charge in [0.05, 0.1) is 4.47 Å². The first-order valence-electron chi connectivity index (χ1n) is 6.47. The van der Waals surface area contributed by atoms with Crippen LogP contribution in [0, 0.1) is 5.82 Å². The fourth-order valence-electron chi connectivity index (χ4n) is 1.69. The topological polar surface area (TPSA) is 34.2 Å². The average Bonchev–Trinajstić information content (AvgIpc) is 2.44. The summed E-state index contributed by atoms with van der Waals surface area (Å²) in [4.78, 5) is 4.16. The van der Waals surface area contributed by atoms with Crippen LogP contribution in [-0.4, -0.2) is 11.5 Å². The summed E-state index contributed by atoms with van der Waals surface area (Å²) in [6, 6.07) is 8.32. The molecule has 5 heteroatoms. The third-order valence-electron chi connectivity index (χ3n) is 2.67. The van der Waals surface area contributed by atoms with Crippen LogP contribution in [0.4, 0.5) is 4.39 Å². The van der Waals surface area contributed by atoms with E-state index in [1.165, 1.54) is 6.07 Å². The van der Waals surface area contributed by atoms with Crippen molar-refractivity contribution in [2.75, 3.05) is 6.54 Å². The molecule has 0 saturated carbocycles. The maximum Gasteiger partial charge on any atom is 0.219 e. The van der Waals surface area contributed by atoms with E-state index in [1.54, 1.807) is 18.3 Å². The molecule has 20 heavy (non-hydrogen) atoms. The second-order valence-corrected chi connectivity index (χ2v) is 5.21. The van der Waals surface area contributed by atoms with E-state index in [2.05, 4.69) is 33.2 Å². The molecule has 0 aliphatic heterocycles. The molecule has 0 radical (unpaired) electrons. The van der Waals surface area contributed by atoms with E-state index in [0.717, 1.165) is 25.1 Å². The number of pyridine rings is 1. The molecule has 0 spiro atoms. The molecule has 0 saturated heterocycles. The van der Waals surface area contributed by atoms with Gasteiger partial charge in [0.25, 0.3) is 0 Å². The van der Waals surface area contributed by atoms with Gasteiger partial charge in [0.1, 0.15) is 11.6 Å². The first-order valence-corrected chi connectivity index (χ1v) is 7.27. The van der Waals surface area contributed by atoms with Gasteiger partial charge in [0.15, 0.2) is 0 Å². The smallest absolute Gasteiger partial charge is 0.219 e. The molecule has 3 nitrogen and oxygen atoms in total. The molecule has 0 aliphatic rings. The molecule has 0 unspecified atom stereocenters. The van der Waals surface area contributed by atoms with Crippen molar-refractivity contribution in [2.45, 2.75) is 19.9 Å². The fourth-order valence-corrected chi connectivity index (χ4v) is 2.04. The van der Waals surface area contributed by atoms with Crippen LogP contribution in [0.25, 0.3) is 0 Å². The lowest BCUT2D eigenvalue weighted by atomic mass is 10.2. The van der Waals surface area contributed by atoms with Gasteiger partial charge in [0, 0.05) is 18.8 Å². The molecular weight excluding hydrogens is 323 g/mol. The van der Waals surface area contributed by atoms with E-state index >= 15 is 0 Å². The van der Waals surface area contributed by atoms with Gasteiger partial charge in [-0.25, -0.2) is 9.37 Å².